The van der Waals surface area contributed by atoms with Gasteiger partial charge < -0.3 is 29.3 Å². The van der Waals surface area contributed by atoms with Crippen LogP contribution in [0.25, 0.3) is 0 Å². The molecule has 0 aliphatic carbocycles. The van der Waals surface area contributed by atoms with Gasteiger partial charge in [0.2, 0.25) is 0 Å². The van der Waals surface area contributed by atoms with Crippen molar-refractivity contribution >= 4 is 27.6 Å². The Morgan fingerprint density at radius 1 is 0.446 bits per heavy atom. The molecule has 0 bridgehead atoms. The predicted octanol–water partition coefficient (Wildman–Crippen LogP) is 12.4. The largest absolute Gasteiger partial charge is 0.472 e. The van der Waals surface area contributed by atoms with Crippen LogP contribution >= 0.6 is 15.6 Å². The fourth-order valence-electron chi connectivity index (χ4n) is 5.31. The lowest BCUT2D eigenvalue weighted by Crippen LogP contribution is -2.29. The molecule has 0 heterocycles. The highest BCUT2D eigenvalue weighted by Gasteiger charge is 2.28. The molecule has 0 saturated heterocycles. The Bertz CT molecular complexity index is 1600. The minimum Gasteiger partial charge on any atom is -0.462 e. The van der Waals surface area contributed by atoms with Crippen LogP contribution in [0.3, 0.4) is 0 Å². The second-order valence-corrected chi connectivity index (χ2v) is 17.7. The molecule has 0 aromatic heterocycles. The van der Waals surface area contributed by atoms with Gasteiger partial charge in [-0.25, -0.2) is 9.13 Å². The maximum Gasteiger partial charge on any atom is 0.472 e. The number of carbonyl (C=O) groups is 2. The van der Waals surface area contributed by atoms with Gasteiger partial charge in [0.25, 0.3) is 0 Å². The van der Waals surface area contributed by atoms with Crippen LogP contribution in [0.1, 0.15) is 142 Å². The molecule has 0 aliphatic heterocycles. The molecule has 4 N–H and O–H groups in total. The standard InChI is InChI=1S/C50H80O13P2/c1-3-5-7-9-11-13-15-17-19-21-23-25-27-29-31-33-35-37-39-41-49(52)59-45-48(46-62-65(57,58)61-44-47(51)43-60-64(54,55)56)63-50(53)42-40-38-36-34-32-30-28-26-24-22-20-18-16-14-12-10-8-6-4-2/h11-14,17-20,23-26,29-32,35-38,47-48,51H,3-10,15-16,21-22,27-28,33-34,39-46H2,1-2H3,(H,57,58)(H2,54,55,56)/b13-11-,14-12-,19-17-,20-18-,25-23-,26-24-,31-29-,32-30-,37-35-,38-36-/t47-,48+/m0/s1. The predicted molar refractivity (Wildman–Crippen MR) is 262 cm³/mol. The number of allylic oxidation sites excluding steroid dienone is 20. The molecule has 368 valence electrons. The summed E-state index contributed by atoms with van der Waals surface area (Å²) in [6.45, 7) is 1.52. The van der Waals surface area contributed by atoms with Crippen LogP contribution in [0.5, 0.6) is 0 Å². The van der Waals surface area contributed by atoms with E-state index in [9.17, 15) is 28.7 Å². The van der Waals surface area contributed by atoms with Gasteiger partial charge >= 0.3 is 27.6 Å². The number of rotatable bonds is 42. The maximum atomic E-state index is 12.7. The molecule has 65 heavy (non-hydrogen) atoms. The summed E-state index contributed by atoms with van der Waals surface area (Å²) in [6, 6.07) is 0. The highest BCUT2D eigenvalue weighted by Crippen LogP contribution is 2.43. The number of phosphoric ester groups is 2. The molecule has 0 aromatic rings. The maximum absolute atomic E-state index is 12.7. The third-order valence-electron chi connectivity index (χ3n) is 8.84. The van der Waals surface area contributed by atoms with Gasteiger partial charge in [0.05, 0.1) is 19.8 Å². The number of aliphatic hydroxyl groups excluding tert-OH is 1. The van der Waals surface area contributed by atoms with Crippen LogP contribution in [0.2, 0.25) is 0 Å². The minimum absolute atomic E-state index is 0.0150. The van der Waals surface area contributed by atoms with Gasteiger partial charge in [0, 0.05) is 12.8 Å². The van der Waals surface area contributed by atoms with Crippen LogP contribution in [-0.2, 0) is 41.8 Å². The molecule has 0 aromatic carbocycles. The Hall–Kier alpha value is -3.48. The fourth-order valence-corrected chi connectivity index (χ4v) is 6.47. The van der Waals surface area contributed by atoms with E-state index in [-0.39, 0.29) is 12.8 Å². The van der Waals surface area contributed by atoms with E-state index in [0.29, 0.717) is 25.7 Å². The lowest BCUT2D eigenvalue weighted by atomic mass is 10.2. The van der Waals surface area contributed by atoms with Gasteiger partial charge in [0.15, 0.2) is 6.10 Å². The number of aliphatic hydroxyl groups is 1. The van der Waals surface area contributed by atoms with Gasteiger partial charge in [0.1, 0.15) is 12.7 Å². The average molecular weight is 951 g/mol. The van der Waals surface area contributed by atoms with E-state index < -0.39 is 66.2 Å². The number of hydrogen-bond donors (Lipinski definition) is 4. The smallest absolute Gasteiger partial charge is 0.462 e. The summed E-state index contributed by atoms with van der Waals surface area (Å²) in [5, 5.41) is 9.76. The van der Waals surface area contributed by atoms with Crippen molar-refractivity contribution in [2.24, 2.45) is 0 Å². The molecule has 0 aliphatic rings. The Labute approximate surface area is 390 Å². The fraction of sp³-hybridized carbons (Fsp3) is 0.560. The summed E-state index contributed by atoms with van der Waals surface area (Å²) in [5.74, 6) is -1.24. The summed E-state index contributed by atoms with van der Waals surface area (Å²) < 4.78 is 47.7. The number of esters is 2. The number of ether oxygens (including phenoxy) is 2. The Morgan fingerprint density at radius 3 is 1.17 bits per heavy atom. The van der Waals surface area contributed by atoms with Crippen LogP contribution in [0, 0.1) is 0 Å². The molecular formula is C50H80O13P2. The molecule has 0 fully saturated rings. The van der Waals surface area contributed by atoms with E-state index in [1.54, 1.807) is 0 Å². The summed E-state index contributed by atoms with van der Waals surface area (Å²) in [4.78, 5) is 52.7. The first-order valence-corrected chi connectivity index (χ1v) is 26.3. The van der Waals surface area contributed by atoms with E-state index in [2.05, 4.69) is 108 Å². The van der Waals surface area contributed by atoms with Gasteiger partial charge in [-0.1, -0.05) is 161 Å². The molecule has 0 spiro atoms. The van der Waals surface area contributed by atoms with Gasteiger partial charge in [-0.3, -0.25) is 23.2 Å². The molecule has 13 nitrogen and oxygen atoms in total. The van der Waals surface area contributed by atoms with Gasteiger partial charge in [-0.05, 0) is 89.9 Å². The third kappa shape index (κ3) is 48.3. The zero-order valence-electron chi connectivity index (χ0n) is 39.0. The zero-order chi connectivity index (χ0) is 48.0. The lowest BCUT2D eigenvalue weighted by Gasteiger charge is -2.20. The van der Waals surface area contributed by atoms with E-state index in [1.807, 2.05) is 36.5 Å². The summed E-state index contributed by atoms with van der Waals surface area (Å²) in [6.07, 6.45) is 56.4. The molecule has 0 saturated carbocycles. The first-order chi connectivity index (χ1) is 31.4. The van der Waals surface area contributed by atoms with E-state index in [4.69, 9.17) is 23.8 Å². The molecule has 1 unspecified atom stereocenters. The van der Waals surface area contributed by atoms with Crippen molar-refractivity contribution in [2.75, 3.05) is 26.4 Å². The quantitative estimate of drug-likeness (QED) is 0.0195. The molecular weight excluding hydrogens is 870 g/mol. The SMILES string of the molecule is CCCCC/C=C\C/C=C\C/C=C\C/C=C\C/C=C\CCC(=O)OC[C@H](COP(=O)(O)OC[C@@H](O)COP(=O)(O)O)OC(=O)CC/C=C\C/C=C\C/C=C\C/C=C\C/C=C\CCCCC. The number of hydrogen-bond acceptors (Lipinski definition) is 10. The van der Waals surface area contributed by atoms with E-state index in [1.165, 1.54) is 38.5 Å². The Balaban J connectivity index is 4.75. The zero-order valence-corrected chi connectivity index (χ0v) is 40.8. The molecule has 0 rings (SSSR count). The van der Waals surface area contributed by atoms with Crippen LogP contribution in [-0.4, -0.2) is 70.4 Å². The second kappa shape index (κ2) is 44.4. The van der Waals surface area contributed by atoms with Crippen molar-refractivity contribution in [3.63, 3.8) is 0 Å². The van der Waals surface area contributed by atoms with Gasteiger partial charge in [-0.2, -0.15) is 0 Å². The first-order valence-electron chi connectivity index (χ1n) is 23.2. The van der Waals surface area contributed by atoms with Crippen LogP contribution in [0.15, 0.2) is 122 Å². The van der Waals surface area contributed by atoms with Crippen molar-refractivity contribution < 1.29 is 61.6 Å². The number of phosphoric acid groups is 2. The molecule has 0 amide bonds. The Kier molecular flexibility index (Phi) is 42.0. The summed E-state index contributed by atoms with van der Waals surface area (Å²) in [7, 11) is -9.74. The van der Waals surface area contributed by atoms with Crippen molar-refractivity contribution in [3.05, 3.63) is 122 Å². The number of carbonyl (C=O) groups excluding carboxylic acids is 2. The molecule has 0 radical (unpaired) electrons. The number of unbranched alkanes of at least 4 members (excludes halogenated alkanes) is 6. The summed E-state index contributed by atoms with van der Waals surface area (Å²) >= 11 is 0. The molecule has 15 heteroatoms. The third-order valence-corrected chi connectivity index (χ3v) is 10.3. The highest BCUT2D eigenvalue weighted by atomic mass is 31.2. The minimum atomic E-state index is -4.88. The highest BCUT2D eigenvalue weighted by molar-refractivity contribution is 7.47. The van der Waals surface area contributed by atoms with Crippen molar-refractivity contribution in [2.45, 2.75) is 154 Å². The normalized spacial score (nSPS) is 15.0. The Morgan fingerprint density at radius 2 is 0.785 bits per heavy atom. The second-order valence-electron chi connectivity index (χ2n) is 15.0. The van der Waals surface area contributed by atoms with Crippen LogP contribution < -0.4 is 0 Å². The van der Waals surface area contributed by atoms with Crippen molar-refractivity contribution in [1.82, 2.24) is 0 Å². The first kappa shape index (κ1) is 61.5. The topological polar surface area (TPSA) is 195 Å². The summed E-state index contributed by atoms with van der Waals surface area (Å²) in [5.41, 5.74) is 0. The monoisotopic (exact) mass is 951 g/mol. The van der Waals surface area contributed by atoms with Gasteiger partial charge in [-0.15, -0.1) is 0 Å². The lowest BCUT2D eigenvalue weighted by molar-refractivity contribution is -0.161. The van der Waals surface area contributed by atoms with E-state index >= 15 is 0 Å². The van der Waals surface area contributed by atoms with Crippen molar-refractivity contribution in [3.8, 4) is 0 Å². The van der Waals surface area contributed by atoms with E-state index in [0.717, 1.165) is 51.4 Å². The van der Waals surface area contributed by atoms with Crippen LogP contribution in [0.4, 0.5) is 0 Å². The van der Waals surface area contributed by atoms with Crippen molar-refractivity contribution in [1.29, 1.82) is 0 Å². The molecule has 3 atom stereocenters. The average Bonchev–Trinajstić information content (AvgIpc) is 3.27.